The second kappa shape index (κ2) is 11.3. The third-order valence-corrected chi connectivity index (χ3v) is 8.70. The molecule has 3 aliphatic heterocycles. The van der Waals surface area contributed by atoms with Gasteiger partial charge >= 0.3 is 6.09 Å². The molecule has 0 spiro atoms. The van der Waals surface area contributed by atoms with Crippen LogP contribution in [-0.4, -0.2) is 64.0 Å². The van der Waals surface area contributed by atoms with E-state index in [9.17, 15) is 13.2 Å². The van der Waals surface area contributed by atoms with Gasteiger partial charge in [-0.15, -0.1) is 12.4 Å². The van der Waals surface area contributed by atoms with Gasteiger partial charge in [0.1, 0.15) is 11.5 Å². The van der Waals surface area contributed by atoms with E-state index >= 15 is 0 Å². The molecule has 2 atom stereocenters. The van der Waals surface area contributed by atoms with Gasteiger partial charge in [-0.25, -0.2) is 13.2 Å². The van der Waals surface area contributed by atoms with Crippen molar-refractivity contribution in [2.75, 3.05) is 43.4 Å². The molecule has 2 aromatic carbocycles. The van der Waals surface area contributed by atoms with Crippen LogP contribution in [0.15, 0.2) is 53.4 Å². The molecule has 198 valence electrons. The highest BCUT2D eigenvalue weighted by Crippen LogP contribution is 2.43. The summed E-state index contributed by atoms with van der Waals surface area (Å²) in [5.41, 5.74) is 6.54. The molecule has 0 unspecified atom stereocenters. The molecule has 2 N–H and O–H groups in total. The van der Waals surface area contributed by atoms with Crippen LogP contribution in [0, 0.1) is 11.3 Å². The molecule has 3 fully saturated rings. The summed E-state index contributed by atoms with van der Waals surface area (Å²) in [6.07, 6.45) is 0.617. The van der Waals surface area contributed by atoms with Crippen LogP contribution in [0.3, 0.4) is 0 Å². The van der Waals surface area contributed by atoms with Crippen molar-refractivity contribution in [2.24, 2.45) is 17.1 Å². The number of anilines is 1. The molecule has 5 rings (SSSR count). The van der Waals surface area contributed by atoms with Crippen molar-refractivity contribution < 1.29 is 22.7 Å². The van der Waals surface area contributed by atoms with Gasteiger partial charge in [0.25, 0.3) is 0 Å². The van der Waals surface area contributed by atoms with Gasteiger partial charge in [0.15, 0.2) is 9.84 Å². The highest BCUT2D eigenvalue weighted by Gasteiger charge is 2.47. The minimum atomic E-state index is -3.43. The van der Waals surface area contributed by atoms with Gasteiger partial charge in [0, 0.05) is 31.9 Å². The van der Waals surface area contributed by atoms with Crippen molar-refractivity contribution in [2.45, 2.75) is 38.1 Å². The number of benzene rings is 2. The van der Waals surface area contributed by atoms with Gasteiger partial charge in [0.2, 0.25) is 0 Å². The Bertz CT molecular complexity index is 1140. The number of nitrogens with two attached hydrogens (primary N) is 1. The van der Waals surface area contributed by atoms with Gasteiger partial charge in [-0.05, 0) is 73.2 Å². The van der Waals surface area contributed by atoms with Crippen LogP contribution in [-0.2, 0) is 9.84 Å². The Morgan fingerprint density at radius 3 is 2.28 bits per heavy atom. The van der Waals surface area contributed by atoms with E-state index in [1.165, 1.54) is 24.3 Å². The quantitative estimate of drug-likeness (QED) is 0.570. The Morgan fingerprint density at radius 1 is 1.03 bits per heavy atom. The zero-order valence-corrected chi connectivity index (χ0v) is 22.7. The maximum Gasteiger partial charge on any atom is 0.415 e. The summed E-state index contributed by atoms with van der Waals surface area (Å²) in [7, 11) is -3.43. The molecule has 3 saturated heterocycles. The number of carbonyl (C=O) groups is 1. The highest BCUT2D eigenvalue weighted by molar-refractivity contribution is 7.91. The lowest BCUT2D eigenvalue weighted by Crippen LogP contribution is -2.54. The first kappa shape index (κ1) is 28.1. The SMILES string of the molecule is CCOc1ccc(N2C[C@H]3CN(C(=O)Oc4ccc(S(=O)(=O)CCN)cc4)C[C@@H]2C(C)(C)C3)cc1.Cl. The molecule has 3 heterocycles. The van der Waals surface area contributed by atoms with E-state index in [1.54, 1.807) is 4.90 Å². The number of fused-ring (bicyclic) bond motifs is 4. The molecule has 0 aromatic heterocycles. The molecular formula is C26H36ClN3O5S. The number of nitrogens with zero attached hydrogens (tertiary/aromatic N) is 2. The average molecular weight is 538 g/mol. The van der Waals surface area contributed by atoms with Crippen LogP contribution in [0.2, 0.25) is 0 Å². The number of sulfone groups is 1. The zero-order valence-electron chi connectivity index (χ0n) is 21.1. The Hall–Kier alpha value is -2.49. The Balaban J connectivity index is 0.00000361. The van der Waals surface area contributed by atoms with Crippen LogP contribution in [0.4, 0.5) is 10.5 Å². The Kier molecular flexibility index (Phi) is 8.80. The molecular weight excluding hydrogens is 502 g/mol. The predicted octanol–water partition coefficient (Wildman–Crippen LogP) is 3.98. The summed E-state index contributed by atoms with van der Waals surface area (Å²) in [6, 6.07) is 14.2. The van der Waals surface area contributed by atoms with E-state index in [2.05, 4.69) is 30.9 Å². The van der Waals surface area contributed by atoms with Gasteiger partial charge in [-0.1, -0.05) is 13.8 Å². The fourth-order valence-electron chi connectivity index (χ4n) is 5.32. The van der Waals surface area contributed by atoms with Crippen LogP contribution in [0.25, 0.3) is 0 Å². The normalized spacial score (nSPS) is 20.9. The monoisotopic (exact) mass is 537 g/mol. The first-order chi connectivity index (χ1) is 16.6. The maximum absolute atomic E-state index is 13.1. The lowest BCUT2D eigenvalue weighted by molar-refractivity contribution is 0.149. The van der Waals surface area contributed by atoms with E-state index in [0.717, 1.165) is 24.4 Å². The van der Waals surface area contributed by atoms with Crippen molar-refractivity contribution in [3.63, 3.8) is 0 Å². The third-order valence-electron chi connectivity index (χ3n) is 6.93. The fourth-order valence-corrected chi connectivity index (χ4v) is 6.42. The zero-order chi connectivity index (χ0) is 25.2. The maximum atomic E-state index is 13.1. The van der Waals surface area contributed by atoms with Crippen molar-refractivity contribution >= 4 is 34.0 Å². The molecule has 2 bridgehead atoms. The second-order valence-corrected chi connectivity index (χ2v) is 12.1. The predicted molar refractivity (Wildman–Crippen MR) is 143 cm³/mol. The summed E-state index contributed by atoms with van der Waals surface area (Å²) in [4.78, 5) is 17.5. The summed E-state index contributed by atoms with van der Waals surface area (Å²) >= 11 is 0. The first-order valence-corrected chi connectivity index (χ1v) is 13.8. The average Bonchev–Trinajstić information content (AvgIpc) is 3.07. The summed E-state index contributed by atoms with van der Waals surface area (Å²) in [6.45, 7) is 9.23. The Morgan fingerprint density at radius 2 is 1.67 bits per heavy atom. The number of piperidine rings is 1. The number of ether oxygens (including phenoxy) is 2. The van der Waals surface area contributed by atoms with Crippen LogP contribution in [0.1, 0.15) is 27.2 Å². The number of halogens is 1. The first-order valence-electron chi connectivity index (χ1n) is 12.1. The molecule has 2 aromatic rings. The van der Waals surface area contributed by atoms with E-state index in [-0.39, 0.29) is 41.1 Å². The van der Waals surface area contributed by atoms with Gasteiger partial charge in [-0.3, -0.25) is 0 Å². The molecule has 36 heavy (non-hydrogen) atoms. The van der Waals surface area contributed by atoms with E-state index in [4.69, 9.17) is 15.2 Å². The highest BCUT2D eigenvalue weighted by atomic mass is 35.5. The number of rotatable bonds is 7. The number of amides is 1. The summed E-state index contributed by atoms with van der Waals surface area (Å²) < 4.78 is 35.6. The minimum Gasteiger partial charge on any atom is -0.494 e. The fraction of sp³-hybridized carbons (Fsp3) is 0.500. The number of hydrogen-bond donors (Lipinski definition) is 1. The number of carbonyl (C=O) groups excluding carboxylic acids is 1. The van der Waals surface area contributed by atoms with Crippen molar-refractivity contribution in [3.8, 4) is 11.5 Å². The third kappa shape index (κ3) is 6.07. The molecule has 0 radical (unpaired) electrons. The van der Waals surface area contributed by atoms with Crippen LogP contribution in [0.5, 0.6) is 11.5 Å². The van der Waals surface area contributed by atoms with Crippen LogP contribution < -0.4 is 20.1 Å². The minimum absolute atomic E-state index is 0. The molecule has 3 aliphatic rings. The molecule has 0 saturated carbocycles. The van der Waals surface area contributed by atoms with Crippen molar-refractivity contribution in [1.82, 2.24) is 4.90 Å². The molecule has 8 nitrogen and oxygen atoms in total. The van der Waals surface area contributed by atoms with Gasteiger partial charge < -0.3 is 25.0 Å². The smallest absolute Gasteiger partial charge is 0.415 e. The largest absolute Gasteiger partial charge is 0.494 e. The molecule has 10 heteroatoms. The lowest BCUT2D eigenvalue weighted by atomic mass is 9.73. The van der Waals surface area contributed by atoms with Crippen molar-refractivity contribution in [3.05, 3.63) is 48.5 Å². The lowest BCUT2D eigenvalue weighted by Gasteiger charge is -2.48. The van der Waals surface area contributed by atoms with E-state index in [0.29, 0.717) is 31.4 Å². The van der Waals surface area contributed by atoms with E-state index < -0.39 is 15.9 Å². The summed E-state index contributed by atoms with van der Waals surface area (Å²) in [5, 5.41) is 0. The molecule has 0 aliphatic carbocycles. The second-order valence-electron chi connectivity index (χ2n) is 10.0. The van der Waals surface area contributed by atoms with Crippen molar-refractivity contribution in [1.29, 1.82) is 0 Å². The standard InChI is InChI=1S/C26H35N3O5S.ClH/c1-4-33-21-7-5-20(6-8-21)29-17-19-15-26(2,3)24(29)18-28(16-19)25(30)34-22-9-11-23(12-10-22)35(31,32)14-13-27;/h5-12,19,24H,4,13-18,27H2,1-3H3;1H/t19-,24-;/m1./s1. The van der Waals surface area contributed by atoms with Crippen LogP contribution >= 0.6 is 12.4 Å². The molecule has 1 amide bonds. The number of hydrogen-bond acceptors (Lipinski definition) is 7. The summed E-state index contributed by atoms with van der Waals surface area (Å²) in [5.74, 6) is 1.36. The van der Waals surface area contributed by atoms with Gasteiger partial charge in [-0.2, -0.15) is 0 Å². The topological polar surface area (TPSA) is 102 Å². The van der Waals surface area contributed by atoms with Gasteiger partial charge in [0.05, 0.1) is 23.3 Å². The van der Waals surface area contributed by atoms with E-state index in [1.807, 2.05) is 19.1 Å². The Labute approximate surface area is 220 Å².